The Kier molecular flexibility index (Phi) is 4.44. The van der Waals surface area contributed by atoms with Crippen LogP contribution in [0, 0.1) is 0 Å². The molecule has 0 aliphatic heterocycles. The van der Waals surface area contributed by atoms with Crippen LogP contribution in [-0.4, -0.2) is 28.1 Å². The van der Waals surface area contributed by atoms with E-state index < -0.39 is 6.10 Å². The van der Waals surface area contributed by atoms with Crippen LogP contribution < -0.4 is 5.32 Å². The lowest BCUT2D eigenvalue weighted by Gasteiger charge is -2.20. The zero-order valence-electron chi connectivity index (χ0n) is 13.0. The van der Waals surface area contributed by atoms with Crippen molar-refractivity contribution >= 4 is 16.8 Å². The third-order valence-corrected chi connectivity index (χ3v) is 4.04. The Balaban J connectivity index is 1.64. The van der Waals surface area contributed by atoms with Crippen molar-refractivity contribution in [2.45, 2.75) is 25.5 Å². The van der Waals surface area contributed by atoms with Gasteiger partial charge >= 0.3 is 0 Å². The average Bonchev–Trinajstić information content (AvgIpc) is 3.03. The molecule has 0 fully saturated rings. The molecular weight excluding hydrogens is 288 g/mol. The van der Waals surface area contributed by atoms with E-state index in [0.717, 1.165) is 16.5 Å². The topological polar surface area (TPSA) is 65.1 Å². The van der Waals surface area contributed by atoms with E-state index in [1.165, 1.54) is 0 Å². The van der Waals surface area contributed by atoms with Gasteiger partial charge in [-0.2, -0.15) is 0 Å². The number of fused-ring (bicyclic) bond motifs is 1. The number of aromatic amines is 1. The van der Waals surface area contributed by atoms with Crippen molar-refractivity contribution in [3.63, 3.8) is 0 Å². The molecule has 2 aromatic carbocycles. The fraction of sp³-hybridized carbons (Fsp3) is 0.211. The molecule has 3 N–H and O–H groups in total. The molecular formula is C19H20N2O2. The van der Waals surface area contributed by atoms with E-state index in [1.807, 2.05) is 61.7 Å². The lowest BCUT2D eigenvalue weighted by atomic mass is 10.0. The normalized spacial score (nSPS) is 13.7. The lowest BCUT2D eigenvalue weighted by molar-refractivity contribution is 0.0852. The van der Waals surface area contributed by atoms with Gasteiger partial charge in [0.2, 0.25) is 0 Å². The molecule has 0 bridgehead atoms. The van der Waals surface area contributed by atoms with Crippen molar-refractivity contribution in [2.75, 3.05) is 0 Å². The van der Waals surface area contributed by atoms with Crippen LogP contribution >= 0.6 is 0 Å². The minimum atomic E-state index is -0.629. The first-order chi connectivity index (χ1) is 11.1. The first-order valence-electron chi connectivity index (χ1n) is 7.73. The van der Waals surface area contributed by atoms with Crippen LogP contribution in [0.1, 0.15) is 22.8 Å². The molecule has 3 aromatic rings. The van der Waals surface area contributed by atoms with Gasteiger partial charge in [0, 0.05) is 23.7 Å². The van der Waals surface area contributed by atoms with Gasteiger partial charge in [-0.15, -0.1) is 0 Å². The van der Waals surface area contributed by atoms with Crippen LogP contribution in [0.2, 0.25) is 0 Å². The predicted molar refractivity (Wildman–Crippen MR) is 91.4 cm³/mol. The standard InChI is InChI=1S/C19H20N2O2/c1-13(18(22)11-14-5-3-2-4-6-14)21-19(23)16-8-7-15-9-10-20-17(15)12-16/h2-10,12-13,18,20,22H,11H2,1H3,(H,21,23). The summed E-state index contributed by atoms with van der Waals surface area (Å²) in [7, 11) is 0. The Hall–Kier alpha value is -2.59. The highest BCUT2D eigenvalue weighted by Gasteiger charge is 2.18. The maximum atomic E-state index is 12.3. The van der Waals surface area contributed by atoms with Crippen LogP contribution in [0.3, 0.4) is 0 Å². The minimum Gasteiger partial charge on any atom is -0.391 e. The van der Waals surface area contributed by atoms with Gasteiger partial charge < -0.3 is 15.4 Å². The van der Waals surface area contributed by atoms with Gasteiger partial charge in [0.05, 0.1) is 12.1 Å². The number of hydrogen-bond donors (Lipinski definition) is 3. The number of hydrogen-bond acceptors (Lipinski definition) is 2. The van der Waals surface area contributed by atoms with Crippen molar-refractivity contribution in [3.8, 4) is 0 Å². The molecule has 2 atom stereocenters. The van der Waals surface area contributed by atoms with Crippen LogP contribution in [0.4, 0.5) is 0 Å². The molecule has 0 aliphatic rings. The second kappa shape index (κ2) is 6.67. The Bertz CT molecular complexity index is 795. The quantitative estimate of drug-likeness (QED) is 0.678. The smallest absolute Gasteiger partial charge is 0.251 e. The van der Waals surface area contributed by atoms with Crippen molar-refractivity contribution in [1.82, 2.24) is 10.3 Å². The van der Waals surface area contributed by atoms with Crippen LogP contribution in [0.5, 0.6) is 0 Å². The number of amides is 1. The van der Waals surface area contributed by atoms with Gasteiger partial charge in [0.25, 0.3) is 5.91 Å². The number of benzene rings is 2. The van der Waals surface area contributed by atoms with E-state index in [-0.39, 0.29) is 11.9 Å². The SMILES string of the molecule is CC(NC(=O)c1ccc2cc[nH]c2c1)C(O)Cc1ccccc1. The summed E-state index contributed by atoms with van der Waals surface area (Å²) in [6.07, 6.45) is 1.73. The van der Waals surface area contributed by atoms with Crippen molar-refractivity contribution in [1.29, 1.82) is 0 Å². The molecule has 1 aromatic heterocycles. The number of aliphatic hydroxyl groups excluding tert-OH is 1. The van der Waals surface area contributed by atoms with E-state index >= 15 is 0 Å². The predicted octanol–water partition coefficient (Wildman–Crippen LogP) is 2.89. The third kappa shape index (κ3) is 3.60. The molecule has 23 heavy (non-hydrogen) atoms. The van der Waals surface area contributed by atoms with Gasteiger partial charge in [-0.1, -0.05) is 36.4 Å². The summed E-state index contributed by atoms with van der Waals surface area (Å²) in [4.78, 5) is 15.4. The number of nitrogens with one attached hydrogen (secondary N) is 2. The maximum Gasteiger partial charge on any atom is 0.251 e. The molecule has 4 heteroatoms. The zero-order chi connectivity index (χ0) is 16.2. The van der Waals surface area contributed by atoms with Crippen LogP contribution in [0.25, 0.3) is 10.9 Å². The van der Waals surface area contributed by atoms with E-state index in [4.69, 9.17) is 0 Å². The monoisotopic (exact) mass is 308 g/mol. The number of aromatic nitrogens is 1. The Morgan fingerprint density at radius 2 is 1.96 bits per heavy atom. The highest BCUT2D eigenvalue weighted by molar-refractivity contribution is 5.98. The molecule has 0 saturated carbocycles. The Morgan fingerprint density at radius 1 is 1.17 bits per heavy atom. The molecule has 118 valence electrons. The van der Waals surface area contributed by atoms with Crippen molar-refractivity contribution in [2.24, 2.45) is 0 Å². The zero-order valence-corrected chi connectivity index (χ0v) is 13.0. The number of H-pyrrole nitrogens is 1. The fourth-order valence-corrected chi connectivity index (χ4v) is 2.61. The van der Waals surface area contributed by atoms with Gasteiger partial charge in [-0.25, -0.2) is 0 Å². The average molecular weight is 308 g/mol. The summed E-state index contributed by atoms with van der Waals surface area (Å²) in [5.74, 6) is -0.180. The molecule has 3 rings (SSSR count). The van der Waals surface area contributed by atoms with E-state index in [1.54, 1.807) is 6.07 Å². The Labute approximate surface area is 135 Å². The summed E-state index contributed by atoms with van der Waals surface area (Å²) >= 11 is 0. The second-order valence-corrected chi connectivity index (χ2v) is 5.80. The number of rotatable bonds is 5. The Morgan fingerprint density at radius 3 is 2.74 bits per heavy atom. The van der Waals surface area contributed by atoms with Crippen molar-refractivity contribution < 1.29 is 9.90 Å². The number of aliphatic hydroxyl groups is 1. The molecule has 4 nitrogen and oxygen atoms in total. The molecule has 1 amide bonds. The molecule has 0 spiro atoms. The third-order valence-electron chi connectivity index (χ3n) is 4.04. The summed E-state index contributed by atoms with van der Waals surface area (Å²) in [6.45, 7) is 1.82. The minimum absolute atomic E-state index is 0.180. The summed E-state index contributed by atoms with van der Waals surface area (Å²) in [5.41, 5.74) is 2.56. The summed E-state index contributed by atoms with van der Waals surface area (Å²) < 4.78 is 0. The lowest BCUT2D eigenvalue weighted by Crippen LogP contribution is -2.42. The molecule has 2 unspecified atom stereocenters. The summed E-state index contributed by atoms with van der Waals surface area (Å²) in [5, 5.41) is 14.2. The van der Waals surface area contributed by atoms with Crippen LogP contribution in [0.15, 0.2) is 60.8 Å². The second-order valence-electron chi connectivity index (χ2n) is 5.80. The number of carbonyl (C=O) groups is 1. The maximum absolute atomic E-state index is 12.3. The number of carbonyl (C=O) groups excluding carboxylic acids is 1. The first-order valence-corrected chi connectivity index (χ1v) is 7.73. The first kappa shape index (κ1) is 15.3. The van der Waals surface area contributed by atoms with Gasteiger partial charge in [0.1, 0.15) is 0 Å². The van der Waals surface area contributed by atoms with Crippen LogP contribution in [-0.2, 0) is 6.42 Å². The van der Waals surface area contributed by atoms with E-state index in [9.17, 15) is 9.90 Å². The highest BCUT2D eigenvalue weighted by atomic mass is 16.3. The van der Waals surface area contributed by atoms with Gasteiger partial charge in [-0.05, 0) is 36.1 Å². The van der Waals surface area contributed by atoms with Gasteiger partial charge in [0.15, 0.2) is 0 Å². The molecule has 0 radical (unpaired) electrons. The summed E-state index contributed by atoms with van der Waals surface area (Å²) in [6, 6.07) is 16.9. The molecule has 0 aliphatic carbocycles. The highest BCUT2D eigenvalue weighted by Crippen LogP contribution is 2.14. The van der Waals surface area contributed by atoms with E-state index in [0.29, 0.717) is 12.0 Å². The van der Waals surface area contributed by atoms with Crippen molar-refractivity contribution in [3.05, 3.63) is 71.9 Å². The largest absolute Gasteiger partial charge is 0.391 e. The van der Waals surface area contributed by atoms with E-state index in [2.05, 4.69) is 10.3 Å². The van der Waals surface area contributed by atoms with Gasteiger partial charge in [-0.3, -0.25) is 4.79 Å². The molecule has 0 saturated heterocycles. The molecule has 1 heterocycles. The fourth-order valence-electron chi connectivity index (χ4n) is 2.61.